The largest absolute Gasteiger partial charge is 0.456 e. The van der Waals surface area contributed by atoms with Gasteiger partial charge < -0.3 is 13.9 Å². The van der Waals surface area contributed by atoms with Crippen LogP contribution in [0.3, 0.4) is 0 Å². The Kier molecular flexibility index (Phi) is 7.17. The molecule has 0 spiro atoms. The van der Waals surface area contributed by atoms with Crippen molar-refractivity contribution in [3.8, 4) is 27.9 Å². The molecule has 0 bridgehead atoms. The fourth-order valence-corrected chi connectivity index (χ4v) is 8.45. The predicted octanol–water partition coefficient (Wildman–Crippen LogP) is 14.6. The highest BCUT2D eigenvalue weighted by atomic mass is 16.3. The van der Waals surface area contributed by atoms with Crippen molar-refractivity contribution in [3.05, 3.63) is 206 Å². The van der Waals surface area contributed by atoms with Crippen molar-refractivity contribution in [1.29, 1.82) is 0 Å². The second kappa shape index (κ2) is 12.6. The van der Waals surface area contributed by atoms with Crippen LogP contribution in [0.2, 0.25) is 0 Å². The van der Waals surface area contributed by atoms with Gasteiger partial charge in [-0.25, -0.2) is 0 Å². The Morgan fingerprint density at radius 1 is 0.364 bits per heavy atom. The van der Waals surface area contributed by atoms with Gasteiger partial charge in [0.25, 0.3) is 0 Å². The maximum Gasteiger partial charge on any atom is 0.135 e. The number of fused-ring (bicyclic) bond motifs is 7. The Labute approximate surface area is 318 Å². The molecule has 0 atom stereocenters. The van der Waals surface area contributed by atoms with Crippen molar-refractivity contribution in [2.45, 2.75) is 0 Å². The maximum absolute atomic E-state index is 6.24. The minimum Gasteiger partial charge on any atom is -0.456 e. The monoisotopic (exact) mass is 702 g/mol. The first-order chi connectivity index (χ1) is 27.3. The fraction of sp³-hybridized carbons (Fsp3) is 0. The average molecular weight is 703 g/mol. The van der Waals surface area contributed by atoms with Crippen molar-refractivity contribution in [2.24, 2.45) is 0 Å². The molecule has 2 aromatic heterocycles. The lowest BCUT2D eigenvalue weighted by Crippen LogP contribution is -2.09. The molecule has 3 heteroatoms. The number of aromatic nitrogens is 1. The van der Waals surface area contributed by atoms with E-state index in [-0.39, 0.29) is 0 Å². The van der Waals surface area contributed by atoms with Gasteiger partial charge in [-0.3, -0.25) is 0 Å². The molecule has 0 unspecified atom stereocenters. The number of rotatable bonds is 6. The molecule has 0 aliphatic carbocycles. The van der Waals surface area contributed by atoms with Gasteiger partial charge in [-0.15, -0.1) is 0 Å². The quantitative estimate of drug-likeness (QED) is 0.172. The zero-order valence-electron chi connectivity index (χ0n) is 29.9. The van der Waals surface area contributed by atoms with E-state index in [2.05, 4.69) is 204 Å². The van der Waals surface area contributed by atoms with E-state index in [4.69, 9.17) is 4.42 Å². The number of para-hydroxylation sites is 4. The molecule has 0 radical (unpaired) electrons. The molecule has 0 saturated heterocycles. The van der Waals surface area contributed by atoms with E-state index < -0.39 is 0 Å². The number of hydrogen-bond acceptors (Lipinski definition) is 2. The molecule has 0 fully saturated rings. The molecule has 55 heavy (non-hydrogen) atoms. The summed E-state index contributed by atoms with van der Waals surface area (Å²) < 4.78 is 8.65. The van der Waals surface area contributed by atoms with E-state index in [9.17, 15) is 0 Å². The summed E-state index contributed by atoms with van der Waals surface area (Å²) in [6, 6.07) is 74.0. The number of benzene rings is 9. The third kappa shape index (κ3) is 5.13. The first-order valence-electron chi connectivity index (χ1n) is 18.8. The van der Waals surface area contributed by atoms with Crippen LogP contribution < -0.4 is 4.90 Å². The standard InChI is InChI=1S/C52H34N2O/c1-2-14-38(15-3-1)54-49-22-8-6-17-45(49)47-21-11-20-44(52(47)54)37-26-30-40(31-27-37)53(41-32-33-51-48(34-41)46-18-7-9-23-50(46)55-51)39-28-24-36(25-29-39)43-19-10-13-35-12-4-5-16-42(35)43/h1-34H. The topological polar surface area (TPSA) is 21.3 Å². The summed E-state index contributed by atoms with van der Waals surface area (Å²) in [6.45, 7) is 0. The van der Waals surface area contributed by atoms with Crippen molar-refractivity contribution >= 4 is 71.6 Å². The van der Waals surface area contributed by atoms with E-state index in [0.29, 0.717) is 0 Å². The smallest absolute Gasteiger partial charge is 0.135 e. The molecule has 0 saturated carbocycles. The normalized spacial score (nSPS) is 11.6. The van der Waals surface area contributed by atoms with Crippen LogP contribution in [0.1, 0.15) is 0 Å². The summed E-state index contributed by atoms with van der Waals surface area (Å²) in [6.07, 6.45) is 0. The van der Waals surface area contributed by atoms with E-state index in [1.54, 1.807) is 0 Å². The van der Waals surface area contributed by atoms with E-state index in [1.807, 2.05) is 12.1 Å². The van der Waals surface area contributed by atoms with Crippen LogP contribution in [0.5, 0.6) is 0 Å². The predicted molar refractivity (Wildman–Crippen MR) is 231 cm³/mol. The van der Waals surface area contributed by atoms with Crippen molar-refractivity contribution < 1.29 is 4.42 Å². The highest BCUT2D eigenvalue weighted by Gasteiger charge is 2.19. The number of anilines is 3. The molecule has 2 heterocycles. The van der Waals surface area contributed by atoms with Gasteiger partial charge in [0.05, 0.1) is 11.0 Å². The Hall–Kier alpha value is -7.36. The van der Waals surface area contributed by atoms with Gasteiger partial charge in [-0.1, -0.05) is 140 Å². The Balaban J connectivity index is 1.06. The summed E-state index contributed by atoms with van der Waals surface area (Å²) in [5.74, 6) is 0. The summed E-state index contributed by atoms with van der Waals surface area (Å²) in [5, 5.41) is 7.20. The van der Waals surface area contributed by atoms with Crippen LogP contribution in [0.25, 0.3) is 82.5 Å². The minimum absolute atomic E-state index is 0.883. The van der Waals surface area contributed by atoms with Crippen LogP contribution in [-0.2, 0) is 0 Å². The van der Waals surface area contributed by atoms with Crippen molar-refractivity contribution in [2.75, 3.05) is 4.90 Å². The third-order valence-corrected chi connectivity index (χ3v) is 11.0. The molecule has 0 amide bonds. The zero-order chi connectivity index (χ0) is 36.3. The van der Waals surface area contributed by atoms with Gasteiger partial charge in [0.15, 0.2) is 0 Å². The van der Waals surface area contributed by atoms with Crippen LogP contribution in [0, 0.1) is 0 Å². The lowest BCUT2D eigenvalue weighted by molar-refractivity contribution is 0.669. The molecule has 0 N–H and O–H groups in total. The summed E-state index contributed by atoms with van der Waals surface area (Å²) in [7, 11) is 0. The molecular formula is C52H34N2O. The highest BCUT2D eigenvalue weighted by Crippen LogP contribution is 2.42. The maximum atomic E-state index is 6.24. The van der Waals surface area contributed by atoms with Gasteiger partial charge in [0.2, 0.25) is 0 Å². The van der Waals surface area contributed by atoms with Crippen LogP contribution in [0.15, 0.2) is 211 Å². The fourth-order valence-electron chi connectivity index (χ4n) is 8.45. The summed E-state index contributed by atoms with van der Waals surface area (Å²) >= 11 is 0. The summed E-state index contributed by atoms with van der Waals surface area (Å²) in [4.78, 5) is 2.35. The number of furan rings is 1. The Morgan fingerprint density at radius 3 is 1.73 bits per heavy atom. The SMILES string of the molecule is c1ccc(-n2c3ccccc3c3cccc(-c4ccc(N(c5ccc(-c6cccc7ccccc67)cc5)c5ccc6oc7ccccc7c6c5)cc4)c32)cc1. The molecular weight excluding hydrogens is 669 g/mol. The zero-order valence-corrected chi connectivity index (χ0v) is 29.9. The number of hydrogen-bond donors (Lipinski definition) is 0. The highest BCUT2D eigenvalue weighted by molar-refractivity contribution is 6.14. The van der Waals surface area contributed by atoms with Gasteiger partial charge in [-0.2, -0.15) is 0 Å². The molecule has 3 nitrogen and oxygen atoms in total. The van der Waals surface area contributed by atoms with Gasteiger partial charge in [0.1, 0.15) is 11.2 Å². The van der Waals surface area contributed by atoms with Crippen molar-refractivity contribution in [3.63, 3.8) is 0 Å². The second-order valence-electron chi connectivity index (χ2n) is 14.1. The number of nitrogens with zero attached hydrogens (tertiary/aromatic N) is 2. The van der Waals surface area contributed by atoms with E-state index in [0.717, 1.165) is 50.3 Å². The molecule has 11 aromatic rings. The van der Waals surface area contributed by atoms with Gasteiger partial charge in [0, 0.05) is 49.9 Å². The van der Waals surface area contributed by atoms with E-state index in [1.165, 1.54) is 49.3 Å². The first kappa shape index (κ1) is 31.2. The molecule has 0 aliphatic heterocycles. The van der Waals surface area contributed by atoms with Gasteiger partial charge >= 0.3 is 0 Å². The lowest BCUT2D eigenvalue weighted by atomic mass is 9.98. The average Bonchev–Trinajstić information content (AvgIpc) is 3.80. The molecule has 0 aliphatic rings. The third-order valence-electron chi connectivity index (χ3n) is 11.0. The lowest BCUT2D eigenvalue weighted by Gasteiger charge is -2.26. The minimum atomic E-state index is 0.883. The van der Waals surface area contributed by atoms with Crippen LogP contribution >= 0.6 is 0 Å². The van der Waals surface area contributed by atoms with Crippen LogP contribution in [0.4, 0.5) is 17.1 Å². The van der Waals surface area contributed by atoms with Gasteiger partial charge in [-0.05, 0) is 94.2 Å². The Morgan fingerprint density at radius 2 is 0.927 bits per heavy atom. The Bertz CT molecular complexity index is 3180. The molecule has 11 rings (SSSR count). The molecule has 258 valence electrons. The summed E-state index contributed by atoms with van der Waals surface area (Å²) in [5.41, 5.74) is 13.3. The first-order valence-corrected chi connectivity index (χ1v) is 18.8. The van der Waals surface area contributed by atoms with E-state index >= 15 is 0 Å². The second-order valence-corrected chi connectivity index (χ2v) is 14.1. The van der Waals surface area contributed by atoms with Crippen molar-refractivity contribution in [1.82, 2.24) is 4.57 Å². The molecule has 9 aromatic carbocycles. The van der Waals surface area contributed by atoms with Crippen LogP contribution in [-0.4, -0.2) is 4.57 Å².